The summed E-state index contributed by atoms with van der Waals surface area (Å²) in [6.45, 7) is 8.02. The van der Waals surface area contributed by atoms with Gasteiger partial charge in [-0.05, 0) is 12.5 Å². The predicted octanol–water partition coefficient (Wildman–Crippen LogP) is 2.24. The highest BCUT2D eigenvalue weighted by Crippen LogP contribution is 2.32. The van der Waals surface area contributed by atoms with Crippen molar-refractivity contribution < 1.29 is 23.7 Å². The molecule has 1 aliphatic rings. The zero-order valence-corrected chi connectivity index (χ0v) is 12.9. The molecule has 0 saturated heterocycles. The summed E-state index contributed by atoms with van der Waals surface area (Å²) in [6, 6.07) is 5.88. The standard InChI is InChI=1S/C17H24O5/c1-2-4-15-5-3-6-16-17(15)22-14-12-20-10-8-18-7-9-19-11-13-21-16/h2-3,5-6H,1,4,7-14H2. The molecule has 1 aromatic rings. The minimum atomic E-state index is 0.473. The average Bonchev–Trinajstić information content (AvgIpc) is 2.54. The Morgan fingerprint density at radius 1 is 0.818 bits per heavy atom. The second-order valence-corrected chi connectivity index (χ2v) is 4.77. The summed E-state index contributed by atoms with van der Waals surface area (Å²) in [6.07, 6.45) is 2.59. The summed E-state index contributed by atoms with van der Waals surface area (Å²) < 4.78 is 28.0. The third-order valence-corrected chi connectivity index (χ3v) is 3.13. The molecular weight excluding hydrogens is 284 g/mol. The summed E-state index contributed by atoms with van der Waals surface area (Å²) in [5, 5.41) is 0. The number of benzene rings is 1. The fourth-order valence-corrected chi connectivity index (χ4v) is 2.11. The molecule has 5 nitrogen and oxygen atoms in total. The van der Waals surface area contributed by atoms with Crippen LogP contribution < -0.4 is 9.47 Å². The summed E-state index contributed by atoms with van der Waals surface area (Å²) in [5.74, 6) is 1.49. The summed E-state index contributed by atoms with van der Waals surface area (Å²) in [7, 11) is 0. The van der Waals surface area contributed by atoms with Gasteiger partial charge in [-0.1, -0.05) is 18.2 Å². The SMILES string of the molecule is C=CCc1cccc2c1OCCOCCOCCOCCO2. The molecule has 0 atom stereocenters. The number of rotatable bonds is 2. The Balaban J connectivity index is 2.04. The lowest BCUT2D eigenvalue weighted by Crippen LogP contribution is -2.13. The molecule has 5 heteroatoms. The number of ether oxygens (including phenoxy) is 5. The monoisotopic (exact) mass is 308 g/mol. The van der Waals surface area contributed by atoms with E-state index in [1.165, 1.54) is 0 Å². The van der Waals surface area contributed by atoms with Gasteiger partial charge in [-0.3, -0.25) is 0 Å². The highest BCUT2D eigenvalue weighted by atomic mass is 16.6. The van der Waals surface area contributed by atoms with Crippen LogP contribution in [0.5, 0.6) is 11.5 Å². The molecule has 0 aromatic heterocycles. The summed E-state index contributed by atoms with van der Waals surface area (Å²) in [4.78, 5) is 0. The van der Waals surface area contributed by atoms with Crippen molar-refractivity contribution in [2.75, 3.05) is 52.9 Å². The van der Waals surface area contributed by atoms with E-state index in [0.29, 0.717) is 52.9 Å². The zero-order chi connectivity index (χ0) is 15.5. The van der Waals surface area contributed by atoms with Crippen LogP contribution in [-0.4, -0.2) is 52.9 Å². The van der Waals surface area contributed by atoms with Gasteiger partial charge in [0.2, 0.25) is 0 Å². The largest absolute Gasteiger partial charge is 0.487 e. The summed E-state index contributed by atoms with van der Waals surface area (Å²) >= 11 is 0. The van der Waals surface area contributed by atoms with E-state index in [9.17, 15) is 0 Å². The number of para-hydroxylation sites is 1. The van der Waals surface area contributed by atoms with Crippen LogP contribution in [0.25, 0.3) is 0 Å². The first kappa shape index (κ1) is 16.8. The molecule has 1 heterocycles. The Bertz CT molecular complexity index is 447. The van der Waals surface area contributed by atoms with Gasteiger partial charge in [-0.25, -0.2) is 0 Å². The molecule has 1 aliphatic heterocycles. The van der Waals surface area contributed by atoms with Crippen LogP contribution in [0.15, 0.2) is 30.9 Å². The fourth-order valence-electron chi connectivity index (χ4n) is 2.11. The molecule has 0 aliphatic carbocycles. The van der Waals surface area contributed by atoms with Crippen LogP contribution in [0, 0.1) is 0 Å². The first-order valence-corrected chi connectivity index (χ1v) is 7.63. The summed E-state index contributed by atoms with van der Waals surface area (Å²) in [5.41, 5.74) is 1.06. The average molecular weight is 308 g/mol. The second-order valence-electron chi connectivity index (χ2n) is 4.77. The van der Waals surface area contributed by atoms with Crippen molar-refractivity contribution in [3.63, 3.8) is 0 Å². The number of fused-ring (bicyclic) bond motifs is 1. The van der Waals surface area contributed by atoms with E-state index in [0.717, 1.165) is 23.5 Å². The van der Waals surface area contributed by atoms with Crippen LogP contribution in [0.4, 0.5) is 0 Å². The van der Waals surface area contributed by atoms with Gasteiger partial charge in [-0.2, -0.15) is 0 Å². The zero-order valence-electron chi connectivity index (χ0n) is 12.9. The van der Waals surface area contributed by atoms with Crippen LogP contribution in [0.2, 0.25) is 0 Å². The van der Waals surface area contributed by atoms with Crippen molar-refractivity contribution in [1.82, 2.24) is 0 Å². The minimum Gasteiger partial charge on any atom is -0.487 e. The molecule has 0 amide bonds. The van der Waals surface area contributed by atoms with Crippen LogP contribution in [0.3, 0.4) is 0 Å². The maximum Gasteiger partial charge on any atom is 0.164 e. The van der Waals surface area contributed by atoms with E-state index in [2.05, 4.69) is 6.58 Å². The fraction of sp³-hybridized carbons (Fsp3) is 0.529. The van der Waals surface area contributed by atoms with E-state index >= 15 is 0 Å². The van der Waals surface area contributed by atoms with Gasteiger partial charge in [0.15, 0.2) is 11.5 Å². The maximum atomic E-state index is 5.87. The lowest BCUT2D eigenvalue weighted by atomic mass is 10.1. The number of hydrogen-bond acceptors (Lipinski definition) is 5. The predicted molar refractivity (Wildman–Crippen MR) is 83.8 cm³/mol. The molecule has 122 valence electrons. The lowest BCUT2D eigenvalue weighted by Gasteiger charge is -2.16. The van der Waals surface area contributed by atoms with Gasteiger partial charge in [-0.15, -0.1) is 6.58 Å². The third kappa shape index (κ3) is 5.67. The van der Waals surface area contributed by atoms with Gasteiger partial charge < -0.3 is 23.7 Å². The highest BCUT2D eigenvalue weighted by molar-refractivity contribution is 5.47. The van der Waals surface area contributed by atoms with Crippen molar-refractivity contribution in [3.05, 3.63) is 36.4 Å². The van der Waals surface area contributed by atoms with Gasteiger partial charge in [0.1, 0.15) is 13.2 Å². The molecule has 0 bridgehead atoms. The van der Waals surface area contributed by atoms with E-state index in [4.69, 9.17) is 23.7 Å². The van der Waals surface area contributed by atoms with Crippen molar-refractivity contribution in [2.24, 2.45) is 0 Å². The Morgan fingerprint density at radius 3 is 2.05 bits per heavy atom. The molecule has 0 radical (unpaired) electrons. The molecule has 2 rings (SSSR count). The Labute approximate surface area is 131 Å². The van der Waals surface area contributed by atoms with E-state index in [1.807, 2.05) is 24.3 Å². The molecule has 0 N–H and O–H groups in total. The maximum absolute atomic E-state index is 5.87. The van der Waals surface area contributed by atoms with Crippen LogP contribution in [-0.2, 0) is 20.6 Å². The normalized spacial score (nSPS) is 18.0. The van der Waals surface area contributed by atoms with Crippen LogP contribution in [0.1, 0.15) is 5.56 Å². The van der Waals surface area contributed by atoms with Crippen molar-refractivity contribution >= 4 is 0 Å². The highest BCUT2D eigenvalue weighted by Gasteiger charge is 2.11. The molecule has 22 heavy (non-hydrogen) atoms. The Morgan fingerprint density at radius 2 is 1.41 bits per heavy atom. The first-order valence-electron chi connectivity index (χ1n) is 7.63. The van der Waals surface area contributed by atoms with E-state index in [1.54, 1.807) is 0 Å². The first-order chi connectivity index (χ1) is 10.9. The third-order valence-electron chi connectivity index (χ3n) is 3.13. The Hall–Kier alpha value is -1.56. The molecular formula is C17H24O5. The molecule has 0 unspecified atom stereocenters. The van der Waals surface area contributed by atoms with E-state index < -0.39 is 0 Å². The van der Waals surface area contributed by atoms with Gasteiger partial charge >= 0.3 is 0 Å². The molecule has 0 saturated carbocycles. The smallest absolute Gasteiger partial charge is 0.164 e. The van der Waals surface area contributed by atoms with Crippen molar-refractivity contribution in [2.45, 2.75) is 6.42 Å². The topological polar surface area (TPSA) is 46.2 Å². The van der Waals surface area contributed by atoms with Gasteiger partial charge in [0, 0.05) is 5.56 Å². The quantitative estimate of drug-likeness (QED) is 0.784. The van der Waals surface area contributed by atoms with Crippen molar-refractivity contribution in [1.29, 1.82) is 0 Å². The number of allylic oxidation sites excluding steroid dienone is 1. The van der Waals surface area contributed by atoms with Crippen molar-refractivity contribution in [3.8, 4) is 11.5 Å². The second kappa shape index (κ2) is 10.2. The minimum absolute atomic E-state index is 0.473. The van der Waals surface area contributed by atoms with Crippen LogP contribution >= 0.6 is 0 Å². The molecule has 0 spiro atoms. The van der Waals surface area contributed by atoms with Gasteiger partial charge in [0.25, 0.3) is 0 Å². The molecule has 0 fully saturated rings. The molecule has 1 aromatic carbocycles. The lowest BCUT2D eigenvalue weighted by molar-refractivity contribution is 0.00706. The Kier molecular flexibility index (Phi) is 7.80. The van der Waals surface area contributed by atoms with Gasteiger partial charge in [0.05, 0.1) is 39.6 Å². The number of hydrogen-bond donors (Lipinski definition) is 0. The van der Waals surface area contributed by atoms with E-state index in [-0.39, 0.29) is 0 Å².